The molecule has 9 heteroatoms. The van der Waals surface area contributed by atoms with Crippen LogP contribution in [0, 0.1) is 0 Å². The summed E-state index contributed by atoms with van der Waals surface area (Å²) in [6.07, 6.45) is 1.15. The Morgan fingerprint density at radius 2 is 1.68 bits per heavy atom. The predicted molar refractivity (Wildman–Crippen MR) is 101 cm³/mol. The highest BCUT2D eigenvalue weighted by molar-refractivity contribution is 5.83. The zero-order valence-corrected chi connectivity index (χ0v) is 15.0. The van der Waals surface area contributed by atoms with E-state index in [9.17, 15) is 14.4 Å². The van der Waals surface area contributed by atoms with E-state index in [4.69, 9.17) is 9.47 Å². The third kappa shape index (κ3) is 4.64. The Hall–Kier alpha value is -3.88. The summed E-state index contributed by atoms with van der Waals surface area (Å²) in [4.78, 5) is 40.0. The van der Waals surface area contributed by atoms with Gasteiger partial charge in [0.15, 0.2) is 6.61 Å². The average molecular weight is 382 g/mol. The number of hydrogen-bond donors (Lipinski definition) is 2. The lowest BCUT2D eigenvalue weighted by Gasteiger charge is -2.11. The fourth-order valence-electron chi connectivity index (χ4n) is 2.46. The molecule has 0 radical (unpaired) electrons. The number of carbonyl (C=O) groups is 2. The third-order valence-corrected chi connectivity index (χ3v) is 3.83. The summed E-state index contributed by atoms with van der Waals surface area (Å²) in [5, 5.41) is 0. The summed E-state index contributed by atoms with van der Waals surface area (Å²) in [5.41, 5.74) is 5.21. The van der Waals surface area contributed by atoms with Gasteiger partial charge in [-0.15, -0.1) is 0 Å². The molecule has 3 aromatic rings. The molecule has 3 rings (SSSR count). The lowest BCUT2D eigenvalue weighted by atomic mass is 10.3. The molecule has 28 heavy (non-hydrogen) atoms. The van der Waals surface area contributed by atoms with Crippen molar-refractivity contribution in [1.82, 2.24) is 20.4 Å². The van der Waals surface area contributed by atoms with Crippen LogP contribution in [0.15, 0.2) is 59.5 Å². The van der Waals surface area contributed by atoms with E-state index in [1.165, 1.54) is 4.57 Å². The Bertz CT molecular complexity index is 1050. The van der Waals surface area contributed by atoms with Crippen LogP contribution in [0.1, 0.15) is 0 Å². The van der Waals surface area contributed by atoms with Gasteiger partial charge in [-0.1, -0.05) is 12.1 Å². The first-order valence-electron chi connectivity index (χ1n) is 8.36. The van der Waals surface area contributed by atoms with E-state index in [0.717, 1.165) is 6.20 Å². The predicted octanol–water partition coefficient (Wildman–Crippen LogP) is 0.632. The number of fused-ring (bicyclic) bond motifs is 1. The number of carbonyl (C=O) groups excluding carboxylic acids is 2. The minimum Gasteiger partial charge on any atom is -0.497 e. The molecule has 144 valence electrons. The van der Waals surface area contributed by atoms with Crippen LogP contribution in [0.4, 0.5) is 0 Å². The van der Waals surface area contributed by atoms with E-state index >= 15 is 0 Å². The van der Waals surface area contributed by atoms with Crippen molar-refractivity contribution < 1.29 is 19.1 Å². The largest absolute Gasteiger partial charge is 0.497 e. The van der Waals surface area contributed by atoms with Gasteiger partial charge in [0.2, 0.25) is 0 Å². The van der Waals surface area contributed by atoms with Crippen LogP contribution in [0.25, 0.3) is 11.0 Å². The van der Waals surface area contributed by atoms with Crippen LogP contribution in [0.3, 0.4) is 0 Å². The second-order valence-corrected chi connectivity index (χ2v) is 5.73. The molecule has 1 heterocycles. The first-order chi connectivity index (χ1) is 13.6. The number of para-hydroxylation sites is 2. The normalized spacial score (nSPS) is 10.3. The number of hydrogen-bond acceptors (Lipinski definition) is 6. The second-order valence-electron chi connectivity index (χ2n) is 5.73. The summed E-state index contributed by atoms with van der Waals surface area (Å²) < 4.78 is 11.6. The quantitative estimate of drug-likeness (QED) is 0.605. The van der Waals surface area contributed by atoms with Crippen molar-refractivity contribution in [3.8, 4) is 11.5 Å². The highest BCUT2D eigenvalue weighted by Gasteiger charge is 2.10. The molecule has 1 aromatic heterocycles. The first-order valence-corrected chi connectivity index (χ1v) is 8.36. The van der Waals surface area contributed by atoms with Gasteiger partial charge in [0.25, 0.3) is 17.4 Å². The highest BCUT2D eigenvalue weighted by Crippen LogP contribution is 2.16. The van der Waals surface area contributed by atoms with Crippen LogP contribution < -0.4 is 25.9 Å². The van der Waals surface area contributed by atoms with E-state index in [-0.39, 0.29) is 13.2 Å². The van der Waals surface area contributed by atoms with E-state index < -0.39 is 17.4 Å². The van der Waals surface area contributed by atoms with Crippen molar-refractivity contribution in [3.63, 3.8) is 0 Å². The standard InChI is InChI=1S/C19H18N4O5/c1-27-13-6-8-14(9-7-13)28-12-18(25)22-21-17(24)11-23-16-5-3-2-4-15(16)20-10-19(23)26/h2-10H,11-12H2,1H3,(H,21,24)(H,22,25). The number of rotatable bonds is 6. The maximum Gasteiger partial charge on any atom is 0.276 e. The molecule has 0 aliphatic heterocycles. The highest BCUT2D eigenvalue weighted by atomic mass is 16.5. The van der Waals surface area contributed by atoms with Gasteiger partial charge in [0.05, 0.1) is 24.3 Å². The number of hydrazine groups is 1. The van der Waals surface area contributed by atoms with Crippen molar-refractivity contribution in [2.75, 3.05) is 13.7 Å². The Morgan fingerprint density at radius 1 is 1.00 bits per heavy atom. The molecule has 9 nitrogen and oxygen atoms in total. The average Bonchev–Trinajstić information content (AvgIpc) is 2.73. The maximum absolute atomic E-state index is 12.1. The molecule has 0 spiro atoms. The number of benzene rings is 2. The van der Waals surface area contributed by atoms with Crippen LogP contribution in [-0.2, 0) is 16.1 Å². The second kappa shape index (κ2) is 8.67. The van der Waals surface area contributed by atoms with E-state index in [0.29, 0.717) is 22.5 Å². The number of aromatic nitrogens is 2. The summed E-state index contributed by atoms with van der Waals surface area (Å²) in [6.45, 7) is -0.549. The van der Waals surface area contributed by atoms with Gasteiger partial charge in [-0.2, -0.15) is 0 Å². The minimum atomic E-state index is -0.559. The molecule has 0 saturated carbocycles. The fourth-order valence-corrected chi connectivity index (χ4v) is 2.46. The van der Waals surface area contributed by atoms with Crippen molar-refractivity contribution in [1.29, 1.82) is 0 Å². The lowest BCUT2D eigenvalue weighted by Crippen LogP contribution is -2.46. The van der Waals surface area contributed by atoms with Gasteiger partial charge in [-0.05, 0) is 36.4 Å². The molecule has 0 fully saturated rings. The van der Waals surface area contributed by atoms with Crippen molar-refractivity contribution in [3.05, 3.63) is 65.1 Å². The number of amides is 2. The molecular weight excluding hydrogens is 364 g/mol. The van der Waals surface area contributed by atoms with Crippen molar-refractivity contribution in [2.45, 2.75) is 6.54 Å². The summed E-state index contributed by atoms with van der Waals surface area (Å²) >= 11 is 0. The van der Waals surface area contributed by atoms with Crippen LogP contribution in [-0.4, -0.2) is 35.1 Å². The minimum absolute atomic E-state index is 0.262. The third-order valence-electron chi connectivity index (χ3n) is 3.83. The zero-order valence-electron chi connectivity index (χ0n) is 15.0. The molecule has 0 atom stereocenters. The van der Waals surface area contributed by atoms with E-state index in [1.54, 1.807) is 55.6 Å². The molecule has 0 unspecified atom stereocenters. The van der Waals surface area contributed by atoms with Gasteiger partial charge in [-0.3, -0.25) is 29.8 Å². The number of ether oxygens (including phenoxy) is 2. The topological polar surface area (TPSA) is 112 Å². The molecule has 2 N–H and O–H groups in total. The molecule has 0 aliphatic rings. The molecular formula is C19H18N4O5. The Balaban J connectivity index is 1.52. The molecule has 0 aliphatic carbocycles. The lowest BCUT2D eigenvalue weighted by molar-refractivity contribution is -0.130. The first kappa shape index (κ1) is 18.9. The molecule has 0 saturated heterocycles. The monoisotopic (exact) mass is 382 g/mol. The maximum atomic E-state index is 12.1. The van der Waals surface area contributed by atoms with Crippen LogP contribution >= 0.6 is 0 Å². The van der Waals surface area contributed by atoms with Gasteiger partial charge in [0.1, 0.15) is 18.0 Å². The van der Waals surface area contributed by atoms with Crippen LogP contribution in [0.2, 0.25) is 0 Å². The Labute approximate surface area is 159 Å². The summed E-state index contributed by atoms with van der Waals surface area (Å²) in [7, 11) is 1.55. The number of methoxy groups -OCH3 is 1. The van der Waals surface area contributed by atoms with Gasteiger partial charge in [-0.25, -0.2) is 4.98 Å². The van der Waals surface area contributed by atoms with Gasteiger partial charge in [0, 0.05) is 0 Å². The number of nitrogens with zero attached hydrogens (tertiary/aromatic N) is 2. The SMILES string of the molecule is COc1ccc(OCC(=O)NNC(=O)Cn2c(=O)cnc3ccccc32)cc1. The Morgan fingerprint density at radius 3 is 2.43 bits per heavy atom. The summed E-state index contributed by atoms with van der Waals surface area (Å²) in [5.74, 6) is 0.0485. The molecule has 2 aromatic carbocycles. The zero-order chi connectivity index (χ0) is 19.9. The number of nitrogens with one attached hydrogen (secondary N) is 2. The fraction of sp³-hybridized carbons (Fsp3) is 0.158. The van der Waals surface area contributed by atoms with Crippen LogP contribution in [0.5, 0.6) is 11.5 Å². The Kier molecular flexibility index (Phi) is 5.85. The smallest absolute Gasteiger partial charge is 0.276 e. The van der Waals surface area contributed by atoms with Gasteiger partial charge < -0.3 is 9.47 Å². The van der Waals surface area contributed by atoms with Crippen molar-refractivity contribution in [2.24, 2.45) is 0 Å². The van der Waals surface area contributed by atoms with E-state index in [2.05, 4.69) is 15.8 Å². The van der Waals surface area contributed by atoms with Gasteiger partial charge >= 0.3 is 0 Å². The molecule has 0 bridgehead atoms. The van der Waals surface area contributed by atoms with E-state index in [1.807, 2.05) is 0 Å². The van der Waals surface area contributed by atoms with Crippen molar-refractivity contribution >= 4 is 22.8 Å². The summed E-state index contributed by atoms with van der Waals surface area (Å²) in [6, 6.07) is 13.7. The molecule has 2 amide bonds.